The molecular formula is C15H26N6. The topological polar surface area (TPSA) is 58.4 Å². The number of likely N-dealkylation sites (N-methyl/N-ethyl adjacent to an activating group) is 1. The molecule has 2 heterocycles. The minimum Gasteiger partial charge on any atom is -0.367 e. The second-order valence-electron chi connectivity index (χ2n) is 6.09. The van der Waals surface area contributed by atoms with E-state index in [0.29, 0.717) is 12.0 Å². The summed E-state index contributed by atoms with van der Waals surface area (Å²) in [5.41, 5.74) is 0.795. The van der Waals surface area contributed by atoms with E-state index in [4.69, 9.17) is 0 Å². The molecule has 0 aliphatic heterocycles. The van der Waals surface area contributed by atoms with Crippen LogP contribution in [0, 0.1) is 5.92 Å². The summed E-state index contributed by atoms with van der Waals surface area (Å²) in [6.45, 7) is 7.45. The lowest BCUT2D eigenvalue weighted by atomic mass is 10.0. The largest absolute Gasteiger partial charge is 0.367 e. The van der Waals surface area contributed by atoms with Crippen LogP contribution in [0.15, 0.2) is 12.1 Å². The van der Waals surface area contributed by atoms with Crippen molar-refractivity contribution in [3.05, 3.63) is 18.0 Å². The monoisotopic (exact) mass is 290 g/mol. The molecule has 2 aromatic heterocycles. The van der Waals surface area contributed by atoms with Crippen molar-refractivity contribution in [1.82, 2.24) is 24.7 Å². The summed E-state index contributed by atoms with van der Waals surface area (Å²) in [7, 11) is 4.25. The summed E-state index contributed by atoms with van der Waals surface area (Å²) in [6, 6.07) is 4.41. The second kappa shape index (κ2) is 6.85. The lowest BCUT2D eigenvalue weighted by molar-refractivity contribution is 0.265. The molecule has 0 aliphatic rings. The quantitative estimate of drug-likeness (QED) is 0.846. The van der Waals surface area contributed by atoms with E-state index < -0.39 is 0 Å². The first kappa shape index (κ1) is 15.7. The molecule has 0 saturated heterocycles. The molecule has 0 spiro atoms. The summed E-state index contributed by atoms with van der Waals surface area (Å²) >= 11 is 0. The highest BCUT2D eigenvalue weighted by Crippen LogP contribution is 2.12. The van der Waals surface area contributed by atoms with Crippen LogP contribution >= 0.6 is 0 Å². The number of aromatic nitrogens is 4. The molecule has 0 fully saturated rings. The molecule has 0 radical (unpaired) electrons. The van der Waals surface area contributed by atoms with Crippen molar-refractivity contribution in [2.24, 2.45) is 5.92 Å². The Morgan fingerprint density at radius 3 is 2.62 bits per heavy atom. The van der Waals surface area contributed by atoms with Crippen LogP contribution in [0.4, 0.5) is 5.82 Å². The third-order valence-corrected chi connectivity index (χ3v) is 3.64. The Bertz CT molecular complexity index is 575. The Labute approximate surface area is 126 Å². The lowest BCUT2D eigenvalue weighted by Gasteiger charge is -2.26. The lowest BCUT2D eigenvalue weighted by Crippen LogP contribution is -2.35. The van der Waals surface area contributed by atoms with Gasteiger partial charge in [0.25, 0.3) is 0 Å². The normalized spacial score (nSPS) is 13.3. The Kier molecular flexibility index (Phi) is 5.12. The van der Waals surface area contributed by atoms with Crippen LogP contribution in [0.25, 0.3) is 5.65 Å². The predicted octanol–water partition coefficient (Wildman–Crippen LogP) is 2.07. The zero-order valence-electron chi connectivity index (χ0n) is 13.7. The highest BCUT2D eigenvalue weighted by atomic mass is 15.4. The van der Waals surface area contributed by atoms with Gasteiger partial charge in [0.1, 0.15) is 5.82 Å². The Balaban J connectivity index is 2.08. The van der Waals surface area contributed by atoms with Crippen LogP contribution in [-0.2, 0) is 6.42 Å². The number of nitrogens with zero attached hydrogens (tertiary/aromatic N) is 5. The molecule has 1 N–H and O–H groups in total. The molecule has 1 atom stereocenters. The highest BCUT2D eigenvalue weighted by Gasteiger charge is 2.13. The van der Waals surface area contributed by atoms with E-state index >= 15 is 0 Å². The van der Waals surface area contributed by atoms with Crippen LogP contribution in [0.2, 0.25) is 0 Å². The summed E-state index contributed by atoms with van der Waals surface area (Å²) in [6.07, 6.45) is 1.99. The number of hydrogen-bond acceptors (Lipinski definition) is 5. The first-order valence-electron chi connectivity index (χ1n) is 7.63. The van der Waals surface area contributed by atoms with Crippen LogP contribution in [0.5, 0.6) is 0 Å². The van der Waals surface area contributed by atoms with Gasteiger partial charge in [0.15, 0.2) is 11.5 Å². The highest BCUT2D eigenvalue weighted by molar-refractivity contribution is 5.44. The third-order valence-electron chi connectivity index (χ3n) is 3.64. The average Bonchev–Trinajstić information content (AvgIpc) is 2.85. The van der Waals surface area contributed by atoms with Gasteiger partial charge in [-0.05, 0) is 38.6 Å². The SMILES string of the molecule is CCc1nnc2ccc(NCC(CC(C)C)N(C)C)nn12. The van der Waals surface area contributed by atoms with Crippen molar-refractivity contribution in [2.75, 3.05) is 26.0 Å². The van der Waals surface area contributed by atoms with Crippen LogP contribution < -0.4 is 5.32 Å². The van der Waals surface area contributed by atoms with Gasteiger partial charge in [-0.2, -0.15) is 4.52 Å². The number of anilines is 1. The van der Waals surface area contributed by atoms with Crippen molar-refractivity contribution < 1.29 is 0 Å². The van der Waals surface area contributed by atoms with E-state index in [2.05, 4.69) is 60.4 Å². The molecule has 116 valence electrons. The van der Waals surface area contributed by atoms with E-state index in [9.17, 15) is 0 Å². The summed E-state index contributed by atoms with van der Waals surface area (Å²) < 4.78 is 1.81. The Hall–Kier alpha value is -1.69. The van der Waals surface area contributed by atoms with Gasteiger partial charge in [-0.1, -0.05) is 20.8 Å². The molecule has 0 aromatic carbocycles. The van der Waals surface area contributed by atoms with Gasteiger partial charge in [-0.25, -0.2) is 0 Å². The molecule has 0 bridgehead atoms. The standard InChI is InChI=1S/C15H26N6/c1-6-14-17-18-15-8-7-13(19-21(14)15)16-10-12(20(4)5)9-11(2)3/h7-8,11-12H,6,9-10H2,1-5H3,(H,16,19). The molecule has 2 rings (SSSR count). The molecule has 6 heteroatoms. The van der Waals surface area contributed by atoms with Crippen molar-refractivity contribution in [3.63, 3.8) is 0 Å². The molecule has 2 aromatic rings. The third kappa shape index (κ3) is 3.91. The first-order valence-corrected chi connectivity index (χ1v) is 7.63. The summed E-state index contributed by atoms with van der Waals surface area (Å²) in [4.78, 5) is 2.27. The number of aryl methyl sites for hydroxylation is 1. The van der Waals surface area contributed by atoms with E-state index in [1.54, 1.807) is 0 Å². The van der Waals surface area contributed by atoms with Crippen molar-refractivity contribution in [2.45, 2.75) is 39.7 Å². The van der Waals surface area contributed by atoms with E-state index in [0.717, 1.165) is 36.7 Å². The zero-order valence-corrected chi connectivity index (χ0v) is 13.7. The van der Waals surface area contributed by atoms with E-state index in [-0.39, 0.29) is 0 Å². The van der Waals surface area contributed by atoms with Gasteiger partial charge in [0, 0.05) is 19.0 Å². The summed E-state index contributed by atoms with van der Waals surface area (Å²) in [5.74, 6) is 2.44. The van der Waals surface area contributed by atoms with E-state index in [1.807, 2.05) is 16.6 Å². The van der Waals surface area contributed by atoms with Crippen molar-refractivity contribution in [1.29, 1.82) is 0 Å². The molecule has 21 heavy (non-hydrogen) atoms. The summed E-state index contributed by atoms with van der Waals surface area (Å²) in [5, 5.41) is 16.3. The van der Waals surface area contributed by atoms with Gasteiger partial charge in [-0.3, -0.25) is 0 Å². The van der Waals surface area contributed by atoms with Crippen molar-refractivity contribution in [3.8, 4) is 0 Å². The van der Waals surface area contributed by atoms with Crippen LogP contribution in [-0.4, -0.2) is 51.4 Å². The minimum absolute atomic E-state index is 0.494. The van der Waals surface area contributed by atoms with Crippen molar-refractivity contribution >= 4 is 11.5 Å². The fourth-order valence-corrected chi connectivity index (χ4v) is 2.39. The fraction of sp³-hybridized carbons (Fsp3) is 0.667. The van der Waals surface area contributed by atoms with Gasteiger partial charge in [-0.15, -0.1) is 15.3 Å². The minimum atomic E-state index is 0.494. The molecular weight excluding hydrogens is 264 g/mol. The first-order chi connectivity index (χ1) is 10.0. The van der Waals surface area contributed by atoms with Gasteiger partial charge in [0.2, 0.25) is 0 Å². The number of rotatable bonds is 7. The van der Waals surface area contributed by atoms with Crippen LogP contribution in [0.3, 0.4) is 0 Å². The van der Waals surface area contributed by atoms with Gasteiger partial charge in [0.05, 0.1) is 0 Å². The van der Waals surface area contributed by atoms with Gasteiger partial charge < -0.3 is 10.2 Å². The smallest absolute Gasteiger partial charge is 0.178 e. The molecule has 0 saturated carbocycles. The number of nitrogens with one attached hydrogen (secondary N) is 1. The Morgan fingerprint density at radius 2 is 2.00 bits per heavy atom. The Morgan fingerprint density at radius 1 is 1.24 bits per heavy atom. The molecule has 6 nitrogen and oxygen atoms in total. The number of fused-ring (bicyclic) bond motifs is 1. The zero-order chi connectivity index (χ0) is 15.4. The maximum atomic E-state index is 4.58. The predicted molar refractivity (Wildman–Crippen MR) is 85.6 cm³/mol. The number of hydrogen-bond donors (Lipinski definition) is 1. The maximum Gasteiger partial charge on any atom is 0.178 e. The van der Waals surface area contributed by atoms with Crippen LogP contribution in [0.1, 0.15) is 33.0 Å². The maximum absolute atomic E-state index is 4.58. The molecule has 1 unspecified atom stereocenters. The molecule has 0 amide bonds. The second-order valence-corrected chi connectivity index (χ2v) is 6.09. The van der Waals surface area contributed by atoms with E-state index in [1.165, 1.54) is 0 Å². The average molecular weight is 290 g/mol. The molecule has 0 aliphatic carbocycles. The fourth-order valence-electron chi connectivity index (χ4n) is 2.39. The van der Waals surface area contributed by atoms with Gasteiger partial charge >= 0.3 is 0 Å².